The first-order chi connectivity index (χ1) is 27.4. The maximum atomic E-state index is 12.5. The number of carbonyl (C=O) groups is 6. The van der Waals surface area contributed by atoms with E-state index in [0.717, 1.165) is 11.1 Å². The Kier molecular flexibility index (Phi) is 18.1. The zero-order valence-electron chi connectivity index (χ0n) is 34.9. The summed E-state index contributed by atoms with van der Waals surface area (Å²) in [6.45, 7) is 15.7. The molecule has 320 valence electrons. The standard InChI is InChI=1S/2C21H30N2O6/c2*1-5-27-18(24)16-11-12-23(13-17(16)22-19(25)29-21(2,3)4)20(26)28-14-15-9-7-6-8-10-15/h2*6-10,16-17H,5,11-14H2,1-4H3,(H,22,25)/t2*16-,17-/m10/s1. The van der Waals surface area contributed by atoms with Gasteiger partial charge in [-0.2, -0.15) is 0 Å². The van der Waals surface area contributed by atoms with Crippen LogP contribution in [0.2, 0.25) is 0 Å². The molecule has 2 N–H and O–H groups in total. The van der Waals surface area contributed by atoms with Crippen LogP contribution in [-0.4, -0.2) is 109 Å². The monoisotopic (exact) mass is 812 g/mol. The lowest BCUT2D eigenvalue weighted by atomic mass is 9.92. The van der Waals surface area contributed by atoms with Crippen LogP contribution in [0.1, 0.15) is 79.4 Å². The van der Waals surface area contributed by atoms with Crippen LogP contribution in [0.15, 0.2) is 60.7 Å². The van der Waals surface area contributed by atoms with Crippen LogP contribution < -0.4 is 10.6 Å². The fourth-order valence-corrected chi connectivity index (χ4v) is 6.13. The molecule has 0 bridgehead atoms. The average molecular weight is 813 g/mol. The van der Waals surface area contributed by atoms with Crippen LogP contribution in [0.4, 0.5) is 19.2 Å². The van der Waals surface area contributed by atoms with Crippen LogP contribution in [-0.2, 0) is 51.2 Å². The Morgan fingerprint density at radius 3 is 1.22 bits per heavy atom. The molecule has 4 amide bonds. The number of amides is 4. The van der Waals surface area contributed by atoms with E-state index < -0.39 is 71.4 Å². The number of hydrogen-bond acceptors (Lipinski definition) is 12. The van der Waals surface area contributed by atoms with E-state index in [2.05, 4.69) is 10.6 Å². The molecule has 16 nitrogen and oxygen atoms in total. The largest absolute Gasteiger partial charge is 0.466 e. The molecule has 0 unspecified atom stereocenters. The Morgan fingerprint density at radius 2 is 0.914 bits per heavy atom. The van der Waals surface area contributed by atoms with E-state index in [1.165, 1.54) is 9.80 Å². The van der Waals surface area contributed by atoms with Gasteiger partial charge in [-0.25, -0.2) is 19.2 Å². The number of hydrogen-bond donors (Lipinski definition) is 2. The van der Waals surface area contributed by atoms with E-state index in [0.29, 0.717) is 25.9 Å². The first-order valence-corrected chi connectivity index (χ1v) is 19.6. The Balaban J connectivity index is 0.000000310. The molecule has 0 aromatic heterocycles. The second kappa shape index (κ2) is 22.4. The smallest absolute Gasteiger partial charge is 0.410 e. The number of alkyl carbamates (subject to hydrolysis) is 2. The van der Waals surface area contributed by atoms with E-state index in [9.17, 15) is 28.8 Å². The van der Waals surface area contributed by atoms with E-state index in [1.54, 1.807) is 55.4 Å². The fraction of sp³-hybridized carbons (Fsp3) is 0.571. The zero-order chi connectivity index (χ0) is 42.9. The van der Waals surface area contributed by atoms with Crippen molar-refractivity contribution in [1.82, 2.24) is 20.4 Å². The normalized spacial score (nSPS) is 19.2. The minimum atomic E-state index is -0.674. The molecule has 2 aliphatic rings. The van der Waals surface area contributed by atoms with E-state index in [4.69, 9.17) is 28.4 Å². The molecule has 0 saturated carbocycles. The molecule has 2 aliphatic heterocycles. The Bertz CT molecular complexity index is 1520. The summed E-state index contributed by atoms with van der Waals surface area (Å²) in [6.07, 6.45) is -1.55. The quantitative estimate of drug-likeness (QED) is 0.205. The summed E-state index contributed by atoms with van der Waals surface area (Å²) in [5, 5.41) is 5.42. The van der Waals surface area contributed by atoms with Gasteiger partial charge in [-0.15, -0.1) is 0 Å². The van der Waals surface area contributed by atoms with Crippen molar-refractivity contribution in [2.24, 2.45) is 11.8 Å². The number of ether oxygens (including phenoxy) is 6. The number of benzene rings is 2. The van der Waals surface area contributed by atoms with Crippen LogP contribution in [0.25, 0.3) is 0 Å². The Hall–Kier alpha value is -5.54. The summed E-state index contributed by atoms with van der Waals surface area (Å²) in [5.74, 6) is -1.90. The van der Waals surface area contributed by atoms with Crippen molar-refractivity contribution >= 4 is 36.3 Å². The fourth-order valence-electron chi connectivity index (χ4n) is 6.13. The van der Waals surface area contributed by atoms with Gasteiger partial charge in [0.1, 0.15) is 24.4 Å². The summed E-state index contributed by atoms with van der Waals surface area (Å²) in [7, 11) is 0. The molecule has 2 heterocycles. The number of esters is 2. The highest BCUT2D eigenvalue weighted by Gasteiger charge is 2.40. The van der Waals surface area contributed by atoms with Gasteiger partial charge in [0.05, 0.1) is 37.1 Å². The van der Waals surface area contributed by atoms with Gasteiger partial charge in [0.2, 0.25) is 0 Å². The zero-order valence-corrected chi connectivity index (χ0v) is 34.9. The Labute approximate surface area is 341 Å². The van der Waals surface area contributed by atoms with Gasteiger partial charge in [0, 0.05) is 26.2 Å². The molecule has 2 saturated heterocycles. The molecule has 0 radical (unpaired) electrons. The number of piperidine rings is 2. The molecule has 0 aliphatic carbocycles. The van der Waals surface area contributed by atoms with Crippen LogP contribution in [0, 0.1) is 11.8 Å². The average Bonchev–Trinajstić information content (AvgIpc) is 3.15. The topological polar surface area (TPSA) is 188 Å². The second-order valence-electron chi connectivity index (χ2n) is 15.8. The number of likely N-dealkylation sites (tertiary alicyclic amines) is 2. The Morgan fingerprint density at radius 1 is 0.569 bits per heavy atom. The van der Waals surface area contributed by atoms with Crippen LogP contribution in [0.3, 0.4) is 0 Å². The lowest BCUT2D eigenvalue weighted by Crippen LogP contribution is -2.56. The highest BCUT2D eigenvalue weighted by molar-refractivity contribution is 5.77. The molecule has 0 spiro atoms. The summed E-state index contributed by atoms with van der Waals surface area (Å²) < 4.78 is 31.6. The van der Waals surface area contributed by atoms with Gasteiger partial charge < -0.3 is 48.9 Å². The molecule has 4 rings (SSSR count). The molecular formula is C42H60N4O12. The molecule has 2 aromatic carbocycles. The van der Waals surface area contributed by atoms with E-state index in [1.807, 2.05) is 60.7 Å². The minimum Gasteiger partial charge on any atom is -0.466 e. The summed E-state index contributed by atoms with van der Waals surface area (Å²) >= 11 is 0. The molecule has 58 heavy (non-hydrogen) atoms. The summed E-state index contributed by atoms with van der Waals surface area (Å²) in [4.78, 5) is 77.0. The third-order valence-electron chi connectivity index (χ3n) is 8.74. The van der Waals surface area contributed by atoms with Gasteiger partial charge in [-0.05, 0) is 79.4 Å². The minimum absolute atomic E-state index is 0.135. The first-order valence-electron chi connectivity index (χ1n) is 19.6. The van der Waals surface area contributed by atoms with Crippen LogP contribution in [0.5, 0.6) is 0 Å². The van der Waals surface area contributed by atoms with Gasteiger partial charge >= 0.3 is 36.3 Å². The molecule has 2 aromatic rings. The highest BCUT2D eigenvalue weighted by atomic mass is 16.6. The number of nitrogens with one attached hydrogen (secondary N) is 2. The maximum absolute atomic E-state index is 12.5. The van der Waals surface area contributed by atoms with E-state index in [-0.39, 0.29) is 39.5 Å². The molecular weight excluding hydrogens is 752 g/mol. The molecule has 16 heteroatoms. The predicted molar refractivity (Wildman–Crippen MR) is 212 cm³/mol. The van der Waals surface area contributed by atoms with Gasteiger partial charge in [0.15, 0.2) is 0 Å². The number of nitrogens with zero attached hydrogens (tertiary/aromatic N) is 2. The third kappa shape index (κ3) is 16.5. The molecule has 2 fully saturated rings. The predicted octanol–water partition coefficient (Wildman–Crippen LogP) is 6.20. The second-order valence-corrected chi connectivity index (χ2v) is 15.8. The van der Waals surface area contributed by atoms with Crippen molar-refractivity contribution in [2.75, 3.05) is 39.4 Å². The van der Waals surface area contributed by atoms with Crippen molar-refractivity contribution in [3.8, 4) is 0 Å². The van der Waals surface area contributed by atoms with Gasteiger partial charge in [0.25, 0.3) is 0 Å². The van der Waals surface area contributed by atoms with Crippen molar-refractivity contribution < 1.29 is 57.2 Å². The lowest BCUT2D eigenvalue weighted by Gasteiger charge is -2.37. The van der Waals surface area contributed by atoms with Gasteiger partial charge in [-0.1, -0.05) is 60.7 Å². The van der Waals surface area contributed by atoms with Crippen molar-refractivity contribution in [2.45, 2.75) is 105 Å². The molecule has 4 atom stereocenters. The summed E-state index contributed by atoms with van der Waals surface area (Å²) in [6, 6.07) is 17.5. The number of carbonyl (C=O) groups excluding carboxylic acids is 6. The highest BCUT2D eigenvalue weighted by Crippen LogP contribution is 2.23. The first kappa shape index (κ1) is 46.8. The van der Waals surface area contributed by atoms with Crippen molar-refractivity contribution in [3.05, 3.63) is 71.8 Å². The summed E-state index contributed by atoms with van der Waals surface area (Å²) in [5.41, 5.74) is 0.412. The van der Waals surface area contributed by atoms with Crippen molar-refractivity contribution in [1.29, 1.82) is 0 Å². The van der Waals surface area contributed by atoms with E-state index >= 15 is 0 Å². The van der Waals surface area contributed by atoms with Crippen molar-refractivity contribution in [3.63, 3.8) is 0 Å². The van der Waals surface area contributed by atoms with Crippen LogP contribution >= 0.6 is 0 Å². The maximum Gasteiger partial charge on any atom is 0.410 e. The van der Waals surface area contributed by atoms with Gasteiger partial charge in [-0.3, -0.25) is 9.59 Å². The third-order valence-corrected chi connectivity index (χ3v) is 8.74. The lowest BCUT2D eigenvalue weighted by molar-refractivity contribution is -0.151. The number of rotatable bonds is 10. The SMILES string of the molecule is CCOC(=O)[C@@H]1CCN(C(=O)OCc2ccccc2)C[C@H]1NC(=O)OC(C)(C)C.CCOC(=O)[C@H]1CCN(C(=O)OCc2ccccc2)C[C@@H]1NC(=O)OC(C)(C)C.